The van der Waals surface area contributed by atoms with E-state index in [9.17, 15) is 0 Å². The fourth-order valence-electron chi connectivity index (χ4n) is 4.40. The lowest BCUT2D eigenvalue weighted by atomic mass is 9.72. The minimum atomic E-state index is -0.147. The second kappa shape index (κ2) is 6.03. The standard InChI is InChI=1S/C24H21N5/c25-24(12-4-13-24)17-10-8-16(9-11-17)21-15-27-23-18-5-1-2-6-19(18)28-22-20(29(21)23)7-3-14-26-22/h1-3,5-11,14-15H,4,12-13,25H2,(H,26,28). The van der Waals surface area contributed by atoms with Crippen LogP contribution in [-0.2, 0) is 5.54 Å². The Labute approximate surface area is 169 Å². The molecule has 1 fully saturated rings. The van der Waals surface area contributed by atoms with Gasteiger partial charge in [0.15, 0.2) is 5.82 Å². The van der Waals surface area contributed by atoms with E-state index in [2.05, 4.69) is 57.3 Å². The number of benzene rings is 2. The molecule has 2 aromatic carbocycles. The Bertz CT molecular complexity index is 1220. The molecule has 3 heterocycles. The van der Waals surface area contributed by atoms with Crippen molar-refractivity contribution in [3.05, 3.63) is 78.6 Å². The largest absolute Gasteiger partial charge is 0.338 e. The summed E-state index contributed by atoms with van der Waals surface area (Å²) in [6.45, 7) is 0. The Morgan fingerprint density at radius 3 is 2.55 bits per heavy atom. The van der Waals surface area contributed by atoms with Crippen LogP contribution in [0.3, 0.4) is 0 Å². The fraction of sp³-hybridized carbons (Fsp3) is 0.167. The SMILES string of the molecule is NC1(c2ccc(-c3cnc4n3-c3cccnc3Nc3ccccc3-4)cc2)CCC1. The summed E-state index contributed by atoms with van der Waals surface area (Å²) in [5.41, 5.74) is 12.8. The van der Waals surface area contributed by atoms with E-state index < -0.39 is 0 Å². The zero-order valence-electron chi connectivity index (χ0n) is 16.0. The molecule has 0 spiro atoms. The van der Waals surface area contributed by atoms with Crippen LogP contribution in [0.15, 0.2) is 73.1 Å². The summed E-state index contributed by atoms with van der Waals surface area (Å²) < 4.78 is 2.19. The highest BCUT2D eigenvalue weighted by Crippen LogP contribution is 2.41. The van der Waals surface area contributed by atoms with Crippen LogP contribution < -0.4 is 11.1 Å². The van der Waals surface area contributed by atoms with Gasteiger partial charge in [-0.05, 0) is 49.1 Å². The molecule has 5 nitrogen and oxygen atoms in total. The lowest BCUT2D eigenvalue weighted by Crippen LogP contribution is -2.43. The van der Waals surface area contributed by atoms with Gasteiger partial charge in [0.05, 0.1) is 23.3 Å². The van der Waals surface area contributed by atoms with E-state index in [1.807, 2.05) is 30.6 Å². The van der Waals surface area contributed by atoms with Gasteiger partial charge in [-0.15, -0.1) is 0 Å². The highest BCUT2D eigenvalue weighted by molar-refractivity contribution is 5.85. The Kier molecular flexibility index (Phi) is 3.43. The van der Waals surface area contributed by atoms with Gasteiger partial charge < -0.3 is 11.1 Å². The number of imidazole rings is 1. The maximum absolute atomic E-state index is 6.51. The van der Waals surface area contributed by atoms with Crippen molar-refractivity contribution in [1.82, 2.24) is 14.5 Å². The van der Waals surface area contributed by atoms with Crippen LogP contribution in [0.25, 0.3) is 28.3 Å². The molecule has 0 unspecified atom stereocenters. The zero-order chi connectivity index (χ0) is 19.4. The number of nitrogens with one attached hydrogen (secondary N) is 1. The molecule has 6 rings (SSSR count). The first-order valence-electron chi connectivity index (χ1n) is 10.0. The molecule has 0 amide bonds. The lowest BCUT2D eigenvalue weighted by Gasteiger charge is -2.38. The molecule has 0 saturated heterocycles. The molecule has 1 aliphatic heterocycles. The lowest BCUT2D eigenvalue weighted by molar-refractivity contribution is 0.253. The number of hydrogen-bond donors (Lipinski definition) is 2. The third-order valence-corrected chi connectivity index (χ3v) is 6.21. The van der Waals surface area contributed by atoms with Crippen molar-refractivity contribution in [1.29, 1.82) is 0 Å². The number of fused-ring (bicyclic) bond motifs is 5. The Hall–Kier alpha value is -3.44. The minimum Gasteiger partial charge on any atom is -0.338 e. The second-order valence-corrected chi connectivity index (χ2v) is 7.93. The van der Waals surface area contributed by atoms with Crippen molar-refractivity contribution in [3.63, 3.8) is 0 Å². The molecular weight excluding hydrogens is 358 g/mol. The summed E-state index contributed by atoms with van der Waals surface area (Å²) in [4.78, 5) is 9.38. The summed E-state index contributed by atoms with van der Waals surface area (Å²) in [6.07, 6.45) is 7.10. The number of pyridine rings is 1. The van der Waals surface area contributed by atoms with E-state index in [1.165, 1.54) is 12.0 Å². The van der Waals surface area contributed by atoms with Gasteiger partial charge in [0.1, 0.15) is 5.82 Å². The Morgan fingerprint density at radius 1 is 0.931 bits per heavy atom. The van der Waals surface area contributed by atoms with Crippen molar-refractivity contribution >= 4 is 11.5 Å². The first-order chi connectivity index (χ1) is 14.2. The third kappa shape index (κ3) is 2.44. The van der Waals surface area contributed by atoms with Crippen molar-refractivity contribution in [2.45, 2.75) is 24.8 Å². The number of anilines is 2. The molecule has 1 saturated carbocycles. The average Bonchev–Trinajstić information content (AvgIpc) is 3.12. The number of aromatic nitrogens is 3. The van der Waals surface area contributed by atoms with Crippen LogP contribution in [0.5, 0.6) is 0 Å². The van der Waals surface area contributed by atoms with Crippen LogP contribution in [0.2, 0.25) is 0 Å². The first-order valence-corrected chi connectivity index (χ1v) is 10.0. The molecule has 142 valence electrons. The zero-order valence-corrected chi connectivity index (χ0v) is 16.0. The van der Waals surface area contributed by atoms with Gasteiger partial charge in [0.2, 0.25) is 0 Å². The fourth-order valence-corrected chi connectivity index (χ4v) is 4.40. The predicted molar refractivity (Wildman–Crippen MR) is 115 cm³/mol. The predicted octanol–water partition coefficient (Wildman–Crippen LogP) is 5.00. The average molecular weight is 379 g/mol. The topological polar surface area (TPSA) is 68.8 Å². The second-order valence-electron chi connectivity index (χ2n) is 7.93. The molecule has 5 heteroatoms. The smallest absolute Gasteiger partial charge is 0.154 e. The van der Waals surface area contributed by atoms with Crippen LogP contribution in [0.1, 0.15) is 24.8 Å². The molecule has 2 aliphatic rings. The van der Waals surface area contributed by atoms with Gasteiger partial charge in [0, 0.05) is 22.9 Å². The van der Waals surface area contributed by atoms with Gasteiger partial charge in [0.25, 0.3) is 0 Å². The highest BCUT2D eigenvalue weighted by Gasteiger charge is 2.34. The number of rotatable bonds is 2. The summed E-state index contributed by atoms with van der Waals surface area (Å²) in [7, 11) is 0. The van der Waals surface area contributed by atoms with Crippen molar-refractivity contribution in [2.24, 2.45) is 5.73 Å². The first kappa shape index (κ1) is 16.5. The molecule has 4 aromatic rings. The van der Waals surface area contributed by atoms with Crippen LogP contribution in [0.4, 0.5) is 11.5 Å². The number of hydrogen-bond acceptors (Lipinski definition) is 4. The van der Waals surface area contributed by atoms with Gasteiger partial charge >= 0.3 is 0 Å². The monoisotopic (exact) mass is 379 g/mol. The van der Waals surface area contributed by atoms with E-state index in [1.54, 1.807) is 0 Å². The maximum atomic E-state index is 6.51. The van der Waals surface area contributed by atoms with E-state index in [0.717, 1.165) is 52.7 Å². The number of nitrogens with two attached hydrogens (primary N) is 1. The Morgan fingerprint density at radius 2 is 1.76 bits per heavy atom. The molecule has 3 N–H and O–H groups in total. The molecule has 0 atom stereocenters. The summed E-state index contributed by atoms with van der Waals surface area (Å²) in [5, 5.41) is 3.47. The maximum Gasteiger partial charge on any atom is 0.154 e. The van der Waals surface area contributed by atoms with Gasteiger partial charge in [-0.1, -0.05) is 36.4 Å². The third-order valence-electron chi connectivity index (χ3n) is 6.21. The van der Waals surface area contributed by atoms with Crippen molar-refractivity contribution < 1.29 is 0 Å². The van der Waals surface area contributed by atoms with E-state index in [0.29, 0.717) is 0 Å². The summed E-state index contributed by atoms with van der Waals surface area (Å²) in [6, 6.07) is 20.9. The Balaban J connectivity index is 1.54. The van der Waals surface area contributed by atoms with Crippen molar-refractivity contribution in [2.75, 3.05) is 5.32 Å². The highest BCUT2D eigenvalue weighted by atomic mass is 15.2. The van der Waals surface area contributed by atoms with Gasteiger partial charge in [-0.25, -0.2) is 9.97 Å². The van der Waals surface area contributed by atoms with E-state index in [4.69, 9.17) is 10.7 Å². The van der Waals surface area contributed by atoms with Crippen molar-refractivity contribution in [3.8, 4) is 28.3 Å². The minimum absolute atomic E-state index is 0.147. The van der Waals surface area contributed by atoms with Crippen LogP contribution in [-0.4, -0.2) is 14.5 Å². The van der Waals surface area contributed by atoms with E-state index in [-0.39, 0.29) is 5.54 Å². The normalized spacial score (nSPS) is 15.9. The van der Waals surface area contributed by atoms with Gasteiger partial charge in [-0.2, -0.15) is 0 Å². The molecule has 1 aliphatic carbocycles. The molecule has 2 aromatic heterocycles. The molecule has 29 heavy (non-hydrogen) atoms. The van der Waals surface area contributed by atoms with Crippen LogP contribution >= 0.6 is 0 Å². The number of nitrogens with zero attached hydrogens (tertiary/aromatic N) is 3. The molecular formula is C24H21N5. The quantitative estimate of drug-likeness (QED) is 0.453. The van der Waals surface area contributed by atoms with E-state index >= 15 is 0 Å². The molecule has 0 bridgehead atoms. The summed E-state index contributed by atoms with van der Waals surface area (Å²) >= 11 is 0. The van der Waals surface area contributed by atoms with Crippen LogP contribution in [0, 0.1) is 0 Å². The summed E-state index contributed by atoms with van der Waals surface area (Å²) in [5.74, 6) is 1.73. The number of para-hydroxylation sites is 1. The van der Waals surface area contributed by atoms with Gasteiger partial charge in [-0.3, -0.25) is 4.57 Å². The molecule has 0 radical (unpaired) electrons.